The van der Waals surface area contributed by atoms with Crippen molar-refractivity contribution in [2.45, 2.75) is 0 Å². The van der Waals surface area contributed by atoms with Crippen molar-refractivity contribution in [2.24, 2.45) is 5.10 Å². The SMILES string of the molecule is COc1cc(C=NNc2nccs2)cc(OC)c1O. The van der Waals surface area contributed by atoms with E-state index >= 15 is 0 Å². The zero-order valence-electron chi connectivity index (χ0n) is 10.5. The highest BCUT2D eigenvalue weighted by Crippen LogP contribution is 2.36. The predicted octanol–water partition coefficient (Wildman–Crippen LogP) is 2.31. The van der Waals surface area contributed by atoms with Crippen LogP contribution in [-0.2, 0) is 0 Å². The van der Waals surface area contributed by atoms with Crippen molar-refractivity contribution in [3.8, 4) is 17.2 Å². The lowest BCUT2D eigenvalue weighted by atomic mass is 10.2. The van der Waals surface area contributed by atoms with E-state index in [1.807, 2.05) is 5.38 Å². The highest BCUT2D eigenvalue weighted by molar-refractivity contribution is 7.13. The van der Waals surface area contributed by atoms with Crippen LogP contribution in [0, 0.1) is 0 Å². The smallest absolute Gasteiger partial charge is 0.203 e. The standard InChI is InChI=1S/C12H13N3O3S/c1-17-9-5-8(6-10(18-2)11(9)16)7-14-15-12-13-3-4-19-12/h3-7,16H,1-2H3,(H,13,15). The number of hydrogen-bond acceptors (Lipinski definition) is 7. The maximum absolute atomic E-state index is 9.77. The van der Waals surface area contributed by atoms with E-state index in [9.17, 15) is 5.11 Å². The molecule has 0 atom stereocenters. The highest BCUT2D eigenvalue weighted by atomic mass is 32.1. The van der Waals surface area contributed by atoms with Crippen LogP contribution in [0.5, 0.6) is 17.2 Å². The number of thiazole rings is 1. The molecule has 2 N–H and O–H groups in total. The molecule has 0 fully saturated rings. The van der Waals surface area contributed by atoms with Gasteiger partial charge in [0.15, 0.2) is 11.5 Å². The molecule has 0 unspecified atom stereocenters. The molecule has 0 spiro atoms. The molecule has 0 bridgehead atoms. The van der Waals surface area contributed by atoms with Gasteiger partial charge in [-0.25, -0.2) is 4.98 Å². The summed E-state index contributed by atoms with van der Waals surface area (Å²) in [7, 11) is 2.95. The molecule has 0 aliphatic rings. The number of hydrogen-bond donors (Lipinski definition) is 2. The van der Waals surface area contributed by atoms with Crippen molar-refractivity contribution in [3.05, 3.63) is 29.3 Å². The van der Waals surface area contributed by atoms with Gasteiger partial charge in [0.2, 0.25) is 10.9 Å². The Bertz CT molecular complexity index is 545. The topological polar surface area (TPSA) is 76.0 Å². The lowest BCUT2D eigenvalue weighted by Gasteiger charge is -2.09. The Morgan fingerprint density at radius 3 is 2.53 bits per heavy atom. The van der Waals surface area contributed by atoms with Gasteiger partial charge in [0.1, 0.15) is 0 Å². The first-order chi connectivity index (χ1) is 9.24. The number of ether oxygens (including phenoxy) is 2. The molecule has 1 heterocycles. The lowest BCUT2D eigenvalue weighted by molar-refractivity contribution is 0.340. The minimum atomic E-state index is -0.0324. The van der Waals surface area contributed by atoms with Crippen molar-refractivity contribution >= 4 is 22.7 Å². The Labute approximate surface area is 114 Å². The average molecular weight is 279 g/mol. The van der Waals surface area contributed by atoms with Gasteiger partial charge in [0, 0.05) is 17.1 Å². The maximum Gasteiger partial charge on any atom is 0.203 e. The van der Waals surface area contributed by atoms with Crippen molar-refractivity contribution in [2.75, 3.05) is 19.6 Å². The summed E-state index contributed by atoms with van der Waals surface area (Å²) in [5, 5.41) is 16.4. The number of phenolic OH excluding ortho intramolecular Hbond substituents is 1. The second kappa shape index (κ2) is 6.05. The molecule has 0 radical (unpaired) electrons. The van der Waals surface area contributed by atoms with Gasteiger partial charge in [-0.3, -0.25) is 5.43 Å². The van der Waals surface area contributed by atoms with Crippen LogP contribution in [-0.4, -0.2) is 30.5 Å². The van der Waals surface area contributed by atoms with Crippen LogP contribution < -0.4 is 14.9 Å². The van der Waals surface area contributed by atoms with Gasteiger partial charge in [-0.05, 0) is 12.1 Å². The van der Waals surface area contributed by atoms with Gasteiger partial charge in [0.25, 0.3) is 0 Å². The van der Waals surface area contributed by atoms with E-state index in [4.69, 9.17) is 9.47 Å². The molecule has 0 aliphatic carbocycles. The van der Waals surface area contributed by atoms with E-state index < -0.39 is 0 Å². The van der Waals surface area contributed by atoms with Crippen LogP contribution >= 0.6 is 11.3 Å². The number of nitrogens with one attached hydrogen (secondary N) is 1. The van der Waals surface area contributed by atoms with Crippen molar-refractivity contribution in [1.82, 2.24) is 4.98 Å². The highest BCUT2D eigenvalue weighted by Gasteiger charge is 2.10. The number of aromatic nitrogens is 1. The monoisotopic (exact) mass is 279 g/mol. The molecule has 100 valence electrons. The first-order valence-corrected chi connectivity index (χ1v) is 6.26. The number of benzene rings is 1. The Hall–Kier alpha value is -2.28. The second-order valence-electron chi connectivity index (χ2n) is 3.48. The predicted molar refractivity (Wildman–Crippen MR) is 74.5 cm³/mol. The molecule has 0 amide bonds. The fourth-order valence-electron chi connectivity index (χ4n) is 1.43. The number of anilines is 1. The third-order valence-corrected chi connectivity index (χ3v) is 2.99. The summed E-state index contributed by atoms with van der Waals surface area (Å²) in [6.45, 7) is 0. The Kier molecular flexibility index (Phi) is 4.19. The van der Waals surface area contributed by atoms with Gasteiger partial charge in [-0.1, -0.05) is 0 Å². The summed E-state index contributed by atoms with van der Waals surface area (Å²) < 4.78 is 10.1. The zero-order valence-corrected chi connectivity index (χ0v) is 11.3. The summed E-state index contributed by atoms with van der Waals surface area (Å²) in [5.41, 5.74) is 3.53. The summed E-state index contributed by atoms with van der Waals surface area (Å²) in [5.74, 6) is 0.625. The van der Waals surface area contributed by atoms with Crippen molar-refractivity contribution < 1.29 is 14.6 Å². The Balaban J connectivity index is 2.17. The number of nitrogens with zero attached hydrogens (tertiary/aromatic N) is 2. The van der Waals surface area contributed by atoms with Crippen LogP contribution in [0.2, 0.25) is 0 Å². The molecule has 0 saturated heterocycles. The zero-order chi connectivity index (χ0) is 13.7. The lowest BCUT2D eigenvalue weighted by Crippen LogP contribution is -1.94. The van der Waals surface area contributed by atoms with Gasteiger partial charge >= 0.3 is 0 Å². The molecule has 1 aromatic carbocycles. The van der Waals surface area contributed by atoms with Gasteiger partial charge in [-0.15, -0.1) is 11.3 Å². The fourth-order valence-corrected chi connectivity index (χ4v) is 1.91. The minimum absolute atomic E-state index is 0.0324. The maximum atomic E-state index is 9.77. The number of methoxy groups -OCH3 is 2. The summed E-state index contributed by atoms with van der Waals surface area (Å²) in [6.07, 6.45) is 3.28. The van der Waals surface area contributed by atoms with E-state index in [1.54, 1.807) is 24.5 Å². The van der Waals surface area contributed by atoms with E-state index in [1.165, 1.54) is 25.6 Å². The van der Waals surface area contributed by atoms with E-state index in [0.717, 1.165) is 5.56 Å². The molecule has 1 aromatic heterocycles. The molecule has 2 rings (SSSR count). The first kappa shape index (κ1) is 13.2. The number of hydrazone groups is 1. The fraction of sp³-hybridized carbons (Fsp3) is 0.167. The van der Waals surface area contributed by atoms with E-state index in [2.05, 4.69) is 15.5 Å². The summed E-state index contributed by atoms with van der Waals surface area (Å²) in [4.78, 5) is 4.03. The van der Waals surface area contributed by atoms with Gasteiger partial charge in [-0.2, -0.15) is 5.10 Å². The third kappa shape index (κ3) is 3.14. The second-order valence-corrected chi connectivity index (χ2v) is 4.38. The Morgan fingerprint density at radius 1 is 1.32 bits per heavy atom. The molecule has 6 nitrogen and oxygen atoms in total. The number of aromatic hydroxyl groups is 1. The summed E-state index contributed by atoms with van der Waals surface area (Å²) >= 11 is 1.45. The largest absolute Gasteiger partial charge is 0.502 e. The Morgan fingerprint density at radius 2 is 2.00 bits per heavy atom. The van der Waals surface area contributed by atoms with Crippen LogP contribution in [0.4, 0.5) is 5.13 Å². The van der Waals surface area contributed by atoms with Gasteiger partial charge < -0.3 is 14.6 Å². The molecular weight excluding hydrogens is 266 g/mol. The molecule has 0 saturated carbocycles. The third-order valence-electron chi connectivity index (χ3n) is 2.31. The quantitative estimate of drug-likeness (QED) is 0.649. The normalized spacial score (nSPS) is 10.6. The number of rotatable bonds is 5. The van der Waals surface area contributed by atoms with Crippen LogP contribution in [0.3, 0.4) is 0 Å². The van der Waals surface area contributed by atoms with Crippen LogP contribution in [0.1, 0.15) is 5.56 Å². The molecule has 7 heteroatoms. The number of phenols is 1. The average Bonchev–Trinajstić information content (AvgIpc) is 2.93. The molecule has 2 aromatic rings. The van der Waals surface area contributed by atoms with Crippen LogP contribution in [0.15, 0.2) is 28.8 Å². The minimum Gasteiger partial charge on any atom is -0.502 e. The van der Waals surface area contributed by atoms with Crippen LogP contribution in [0.25, 0.3) is 0 Å². The van der Waals surface area contributed by atoms with Crippen molar-refractivity contribution in [1.29, 1.82) is 0 Å². The molecule has 19 heavy (non-hydrogen) atoms. The first-order valence-electron chi connectivity index (χ1n) is 5.38. The van der Waals surface area contributed by atoms with E-state index in [-0.39, 0.29) is 5.75 Å². The van der Waals surface area contributed by atoms with Crippen molar-refractivity contribution in [3.63, 3.8) is 0 Å². The summed E-state index contributed by atoms with van der Waals surface area (Å²) in [6, 6.07) is 3.32. The van der Waals surface area contributed by atoms with E-state index in [0.29, 0.717) is 16.6 Å². The molecule has 0 aliphatic heterocycles. The van der Waals surface area contributed by atoms with Gasteiger partial charge in [0.05, 0.1) is 20.4 Å². The molecular formula is C12H13N3O3S.